The van der Waals surface area contributed by atoms with Crippen molar-refractivity contribution in [1.29, 1.82) is 0 Å². The van der Waals surface area contributed by atoms with Gasteiger partial charge in [0.2, 0.25) is 0 Å². The van der Waals surface area contributed by atoms with Crippen molar-refractivity contribution in [3.8, 4) is 0 Å². The second kappa shape index (κ2) is 6.93. The summed E-state index contributed by atoms with van der Waals surface area (Å²) in [5, 5.41) is 0. The molecule has 1 fully saturated rings. The van der Waals surface area contributed by atoms with Crippen LogP contribution in [-0.4, -0.2) is 30.1 Å². The van der Waals surface area contributed by atoms with Gasteiger partial charge in [0.1, 0.15) is 0 Å². The summed E-state index contributed by atoms with van der Waals surface area (Å²) in [4.78, 5) is 2.66. The average molecular weight is 288 g/mol. The van der Waals surface area contributed by atoms with Gasteiger partial charge in [-0.05, 0) is 63.1 Å². The summed E-state index contributed by atoms with van der Waals surface area (Å²) >= 11 is 0. The third-order valence-corrected chi connectivity index (χ3v) is 5.34. The molecule has 1 unspecified atom stereocenters. The van der Waals surface area contributed by atoms with Crippen LogP contribution < -0.4 is 5.73 Å². The number of nitrogens with zero attached hydrogens (tertiary/aromatic N) is 1. The summed E-state index contributed by atoms with van der Waals surface area (Å²) in [6, 6.07) is 10.8. The van der Waals surface area contributed by atoms with E-state index in [1.54, 1.807) is 0 Å². The van der Waals surface area contributed by atoms with Crippen molar-refractivity contribution < 1.29 is 0 Å². The number of aryl methyl sites for hydroxylation is 1. The molecule has 0 bridgehead atoms. The molecule has 2 rings (SSSR count). The minimum atomic E-state index is 0.135. The summed E-state index contributed by atoms with van der Waals surface area (Å²) < 4.78 is 0. The molecule has 2 N–H and O–H groups in total. The van der Waals surface area contributed by atoms with Crippen molar-refractivity contribution >= 4 is 0 Å². The Morgan fingerprint density at radius 2 is 1.86 bits per heavy atom. The fourth-order valence-electron chi connectivity index (χ4n) is 3.41. The minimum Gasteiger partial charge on any atom is -0.329 e. The van der Waals surface area contributed by atoms with Crippen LogP contribution in [0.2, 0.25) is 0 Å². The summed E-state index contributed by atoms with van der Waals surface area (Å²) in [5.74, 6) is 0. The topological polar surface area (TPSA) is 29.3 Å². The Morgan fingerprint density at radius 3 is 2.52 bits per heavy atom. The lowest BCUT2D eigenvalue weighted by atomic mass is 9.85. The third kappa shape index (κ3) is 4.55. The van der Waals surface area contributed by atoms with Gasteiger partial charge in [-0.25, -0.2) is 0 Å². The minimum absolute atomic E-state index is 0.135. The van der Waals surface area contributed by atoms with E-state index < -0.39 is 0 Å². The molecule has 1 atom stereocenters. The summed E-state index contributed by atoms with van der Waals surface area (Å²) in [6.07, 6.45) is 6.19. The first kappa shape index (κ1) is 16.5. The molecule has 0 spiro atoms. The van der Waals surface area contributed by atoms with Crippen LogP contribution in [0.1, 0.15) is 52.0 Å². The van der Waals surface area contributed by atoms with Gasteiger partial charge in [-0.3, -0.25) is 4.90 Å². The zero-order valence-electron chi connectivity index (χ0n) is 14.1. The monoisotopic (exact) mass is 288 g/mol. The van der Waals surface area contributed by atoms with Crippen molar-refractivity contribution in [1.82, 2.24) is 4.90 Å². The largest absolute Gasteiger partial charge is 0.329 e. The smallest absolute Gasteiger partial charge is 0.0306 e. The molecule has 1 aromatic carbocycles. The first-order chi connectivity index (χ1) is 9.95. The molecule has 118 valence electrons. The van der Waals surface area contributed by atoms with Gasteiger partial charge in [0, 0.05) is 12.1 Å². The maximum atomic E-state index is 6.18. The molecule has 0 aliphatic carbocycles. The Bertz CT molecular complexity index is 426. The highest BCUT2D eigenvalue weighted by molar-refractivity contribution is 5.15. The van der Waals surface area contributed by atoms with E-state index in [2.05, 4.69) is 56.0 Å². The van der Waals surface area contributed by atoms with E-state index in [9.17, 15) is 0 Å². The average Bonchev–Trinajstić information content (AvgIpc) is 2.67. The number of hydrogen-bond acceptors (Lipinski definition) is 2. The van der Waals surface area contributed by atoms with Gasteiger partial charge in [0.15, 0.2) is 0 Å². The van der Waals surface area contributed by atoms with E-state index in [-0.39, 0.29) is 5.54 Å². The quantitative estimate of drug-likeness (QED) is 0.891. The van der Waals surface area contributed by atoms with Crippen LogP contribution in [0, 0.1) is 5.41 Å². The van der Waals surface area contributed by atoms with Gasteiger partial charge in [-0.1, -0.05) is 44.2 Å². The van der Waals surface area contributed by atoms with Crippen LogP contribution in [0.5, 0.6) is 0 Å². The number of nitrogens with two attached hydrogens (primary N) is 1. The van der Waals surface area contributed by atoms with Crippen LogP contribution in [0.3, 0.4) is 0 Å². The van der Waals surface area contributed by atoms with Crippen LogP contribution in [0.15, 0.2) is 30.3 Å². The second-order valence-corrected chi connectivity index (χ2v) is 7.69. The van der Waals surface area contributed by atoms with E-state index in [0.29, 0.717) is 5.41 Å². The normalized spacial score (nSPS) is 22.5. The molecule has 0 saturated carbocycles. The number of likely N-dealkylation sites (tertiary alicyclic amines) is 1. The highest BCUT2D eigenvalue weighted by atomic mass is 15.2. The number of hydrogen-bond donors (Lipinski definition) is 1. The molecule has 2 heteroatoms. The molecule has 1 heterocycles. The van der Waals surface area contributed by atoms with Crippen LogP contribution in [-0.2, 0) is 6.42 Å². The Morgan fingerprint density at radius 1 is 1.14 bits per heavy atom. The molecule has 1 saturated heterocycles. The van der Waals surface area contributed by atoms with E-state index >= 15 is 0 Å². The molecule has 21 heavy (non-hydrogen) atoms. The third-order valence-electron chi connectivity index (χ3n) is 5.34. The van der Waals surface area contributed by atoms with E-state index in [1.165, 1.54) is 37.9 Å². The number of benzene rings is 1. The Kier molecular flexibility index (Phi) is 5.45. The molecule has 1 aliphatic heterocycles. The molecule has 1 aliphatic rings. The predicted molar refractivity (Wildman–Crippen MR) is 91.4 cm³/mol. The molecular weight excluding hydrogens is 256 g/mol. The predicted octanol–water partition coefficient (Wildman–Crippen LogP) is 3.85. The standard InChI is InChI=1S/C19H32N2/c1-18(2)11-7-14-21(15-13-18)19(3,16-20)12-10-17-8-5-4-6-9-17/h4-6,8-9H,7,10-16,20H2,1-3H3. The maximum absolute atomic E-state index is 6.18. The SMILES string of the molecule is CC1(C)CCCN(C(C)(CN)CCc2ccccc2)CC1. The molecule has 0 amide bonds. The Labute approximate surface area is 130 Å². The molecule has 1 aromatic rings. The van der Waals surface area contributed by atoms with Crippen molar-refractivity contribution in [3.05, 3.63) is 35.9 Å². The molecular formula is C19H32N2. The fraction of sp³-hybridized carbons (Fsp3) is 0.684. The lowest BCUT2D eigenvalue weighted by Gasteiger charge is -2.41. The van der Waals surface area contributed by atoms with E-state index in [0.717, 1.165) is 19.4 Å². The fourth-order valence-corrected chi connectivity index (χ4v) is 3.41. The van der Waals surface area contributed by atoms with Crippen molar-refractivity contribution in [3.63, 3.8) is 0 Å². The van der Waals surface area contributed by atoms with Gasteiger partial charge < -0.3 is 5.73 Å². The molecule has 2 nitrogen and oxygen atoms in total. The maximum Gasteiger partial charge on any atom is 0.0306 e. The lowest BCUT2D eigenvalue weighted by Crippen LogP contribution is -2.52. The number of rotatable bonds is 5. The van der Waals surface area contributed by atoms with Gasteiger partial charge in [-0.15, -0.1) is 0 Å². The lowest BCUT2D eigenvalue weighted by molar-refractivity contribution is 0.102. The van der Waals surface area contributed by atoms with Gasteiger partial charge in [0.05, 0.1) is 0 Å². The van der Waals surface area contributed by atoms with E-state index in [4.69, 9.17) is 5.73 Å². The van der Waals surface area contributed by atoms with Crippen LogP contribution in [0.4, 0.5) is 0 Å². The van der Waals surface area contributed by atoms with Gasteiger partial charge >= 0.3 is 0 Å². The zero-order chi connectivity index (χ0) is 15.3. The van der Waals surface area contributed by atoms with Gasteiger partial charge in [0.25, 0.3) is 0 Å². The first-order valence-electron chi connectivity index (χ1n) is 8.44. The summed E-state index contributed by atoms with van der Waals surface area (Å²) in [6.45, 7) is 10.3. The highest BCUT2D eigenvalue weighted by Crippen LogP contribution is 2.33. The summed E-state index contributed by atoms with van der Waals surface area (Å²) in [7, 11) is 0. The molecule has 0 aromatic heterocycles. The Hall–Kier alpha value is -0.860. The second-order valence-electron chi connectivity index (χ2n) is 7.69. The first-order valence-corrected chi connectivity index (χ1v) is 8.44. The highest BCUT2D eigenvalue weighted by Gasteiger charge is 2.33. The van der Waals surface area contributed by atoms with Gasteiger partial charge in [-0.2, -0.15) is 0 Å². The zero-order valence-corrected chi connectivity index (χ0v) is 14.1. The van der Waals surface area contributed by atoms with Crippen LogP contribution in [0.25, 0.3) is 0 Å². The summed E-state index contributed by atoms with van der Waals surface area (Å²) in [5.41, 5.74) is 8.23. The van der Waals surface area contributed by atoms with Crippen LogP contribution >= 0.6 is 0 Å². The van der Waals surface area contributed by atoms with E-state index in [1.807, 2.05) is 0 Å². The van der Waals surface area contributed by atoms with Crippen molar-refractivity contribution in [2.75, 3.05) is 19.6 Å². The van der Waals surface area contributed by atoms with Crippen molar-refractivity contribution in [2.45, 2.75) is 58.4 Å². The van der Waals surface area contributed by atoms with Crippen molar-refractivity contribution in [2.24, 2.45) is 11.1 Å². The Balaban J connectivity index is 1.99. The molecule has 0 radical (unpaired) electrons.